The van der Waals surface area contributed by atoms with Gasteiger partial charge in [0, 0.05) is 50.2 Å². The first-order valence-electron chi connectivity index (χ1n) is 7.74. The maximum Gasteiger partial charge on any atom is 0.131 e. The predicted octanol–water partition coefficient (Wildman–Crippen LogP) is 2.42. The fourth-order valence-corrected chi connectivity index (χ4v) is 2.86. The summed E-state index contributed by atoms with van der Waals surface area (Å²) in [6.07, 6.45) is 1.85. The van der Waals surface area contributed by atoms with E-state index in [1.54, 1.807) is 0 Å². The minimum absolute atomic E-state index is 0. The molecule has 2 aromatic rings. The van der Waals surface area contributed by atoms with Crippen molar-refractivity contribution >= 4 is 23.9 Å². The number of nitrogen functional groups attached to an aromatic ring is 1. The molecule has 0 saturated carbocycles. The normalized spacial score (nSPS) is 15.3. The van der Waals surface area contributed by atoms with Gasteiger partial charge in [-0.1, -0.05) is 12.1 Å². The van der Waals surface area contributed by atoms with Gasteiger partial charge in [0.15, 0.2) is 0 Å². The predicted molar refractivity (Wildman–Crippen MR) is 97.1 cm³/mol. The summed E-state index contributed by atoms with van der Waals surface area (Å²) in [4.78, 5) is 13.3. The molecule has 1 aromatic heterocycles. The largest absolute Gasteiger partial charge is 0.383 e. The van der Waals surface area contributed by atoms with Crippen molar-refractivity contribution in [3.05, 3.63) is 47.4 Å². The van der Waals surface area contributed by atoms with Crippen LogP contribution in [0.15, 0.2) is 30.5 Å². The lowest BCUT2D eigenvalue weighted by Crippen LogP contribution is -2.46. The molecule has 0 amide bonds. The van der Waals surface area contributed by atoms with Gasteiger partial charge in [0.1, 0.15) is 11.6 Å². The molecule has 0 radical (unpaired) electrons. The molecule has 0 unspecified atom stereocenters. The number of halogens is 1. The van der Waals surface area contributed by atoms with E-state index in [4.69, 9.17) is 5.73 Å². The van der Waals surface area contributed by atoms with Gasteiger partial charge in [0.25, 0.3) is 0 Å². The Kier molecular flexibility index (Phi) is 5.80. The van der Waals surface area contributed by atoms with Gasteiger partial charge >= 0.3 is 0 Å². The Labute approximate surface area is 143 Å². The van der Waals surface area contributed by atoms with Crippen molar-refractivity contribution in [3.63, 3.8) is 0 Å². The number of rotatable bonds is 3. The van der Waals surface area contributed by atoms with Crippen molar-refractivity contribution in [2.75, 3.05) is 36.8 Å². The Hall–Kier alpha value is -1.85. The molecule has 2 heterocycles. The summed E-state index contributed by atoms with van der Waals surface area (Å²) >= 11 is 0. The van der Waals surface area contributed by atoms with E-state index in [2.05, 4.69) is 51.0 Å². The zero-order valence-corrected chi connectivity index (χ0v) is 14.5. The minimum atomic E-state index is 0. The topological polar surface area (TPSA) is 58.3 Å². The van der Waals surface area contributed by atoms with Crippen LogP contribution in [-0.2, 0) is 6.54 Å². The van der Waals surface area contributed by atoms with Crippen LogP contribution >= 0.6 is 12.4 Å². The molecule has 1 fully saturated rings. The summed E-state index contributed by atoms with van der Waals surface area (Å²) in [6.45, 7) is 8.96. The van der Waals surface area contributed by atoms with E-state index in [1.165, 1.54) is 11.3 Å². The van der Waals surface area contributed by atoms with Crippen molar-refractivity contribution in [1.82, 2.24) is 14.9 Å². The van der Waals surface area contributed by atoms with Crippen LogP contribution in [0.5, 0.6) is 0 Å². The summed E-state index contributed by atoms with van der Waals surface area (Å²) in [5.74, 6) is 1.33. The summed E-state index contributed by atoms with van der Waals surface area (Å²) in [5, 5.41) is 0. The molecule has 0 aliphatic carbocycles. The van der Waals surface area contributed by atoms with E-state index >= 15 is 0 Å². The first kappa shape index (κ1) is 17.5. The van der Waals surface area contributed by atoms with Gasteiger partial charge in [-0.05, 0) is 31.5 Å². The van der Waals surface area contributed by atoms with E-state index in [0.717, 1.165) is 44.1 Å². The van der Waals surface area contributed by atoms with E-state index in [0.29, 0.717) is 5.82 Å². The van der Waals surface area contributed by atoms with Gasteiger partial charge in [0.05, 0.1) is 0 Å². The number of nitrogens with zero attached hydrogens (tertiary/aromatic N) is 4. The van der Waals surface area contributed by atoms with Crippen LogP contribution < -0.4 is 10.6 Å². The van der Waals surface area contributed by atoms with Crippen LogP contribution in [0.2, 0.25) is 0 Å². The number of aryl methyl sites for hydroxylation is 2. The molecule has 1 aliphatic rings. The van der Waals surface area contributed by atoms with Crippen molar-refractivity contribution in [2.24, 2.45) is 0 Å². The van der Waals surface area contributed by atoms with Crippen molar-refractivity contribution in [2.45, 2.75) is 20.4 Å². The molecule has 0 atom stereocenters. The lowest BCUT2D eigenvalue weighted by molar-refractivity contribution is 0.250. The van der Waals surface area contributed by atoms with Crippen LogP contribution in [0.25, 0.3) is 0 Å². The quantitative estimate of drug-likeness (QED) is 0.934. The number of hydrogen-bond acceptors (Lipinski definition) is 5. The number of hydrogen-bond donors (Lipinski definition) is 1. The molecule has 0 spiro atoms. The average molecular weight is 334 g/mol. The van der Waals surface area contributed by atoms with Gasteiger partial charge in [-0.25, -0.2) is 9.97 Å². The first-order valence-corrected chi connectivity index (χ1v) is 7.74. The van der Waals surface area contributed by atoms with Gasteiger partial charge in [-0.2, -0.15) is 0 Å². The van der Waals surface area contributed by atoms with Gasteiger partial charge < -0.3 is 10.6 Å². The highest BCUT2D eigenvalue weighted by Gasteiger charge is 2.18. The average Bonchev–Trinajstić information content (AvgIpc) is 2.51. The van der Waals surface area contributed by atoms with E-state index in [1.807, 2.05) is 13.1 Å². The third kappa shape index (κ3) is 4.33. The molecule has 2 N–H and O–H groups in total. The Morgan fingerprint density at radius 2 is 1.87 bits per heavy atom. The molecule has 23 heavy (non-hydrogen) atoms. The van der Waals surface area contributed by atoms with Crippen molar-refractivity contribution in [3.8, 4) is 0 Å². The third-order valence-corrected chi connectivity index (χ3v) is 4.15. The van der Waals surface area contributed by atoms with Gasteiger partial charge in [-0.15, -0.1) is 12.4 Å². The Balaban J connectivity index is 0.00000192. The molecule has 124 valence electrons. The molecule has 5 nitrogen and oxygen atoms in total. The highest BCUT2D eigenvalue weighted by Crippen LogP contribution is 2.19. The monoisotopic (exact) mass is 333 g/mol. The zero-order chi connectivity index (χ0) is 15.5. The number of nitrogens with two attached hydrogens (primary N) is 1. The highest BCUT2D eigenvalue weighted by atomic mass is 35.5. The number of piperazine rings is 1. The second-order valence-electron chi connectivity index (χ2n) is 5.93. The van der Waals surface area contributed by atoms with Crippen LogP contribution in [-0.4, -0.2) is 41.0 Å². The Morgan fingerprint density at radius 1 is 1.13 bits per heavy atom. The lowest BCUT2D eigenvalue weighted by atomic mass is 10.2. The summed E-state index contributed by atoms with van der Waals surface area (Å²) in [6, 6.07) is 8.71. The number of benzene rings is 1. The fourth-order valence-electron chi connectivity index (χ4n) is 2.86. The Morgan fingerprint density at radius 3 is 2.52 bits per heavy atom. The van der Waals surface area contributed by atoms with Crippen LogP contribution in [0.4, 0.5) is 11.5 Å². The SMILES string of the molecule is Cc1cccc(N2CCN(Cc3cnc(C)nc3N)CC2)c1.Cl. The molecule has 1 saturated heterocycles. The maximum absolute atomic E-state index is 5.99. The molecule has 1 aliphatic heterocycles. The number of anilines is 2. The van der Waals surface area contributed by atoms with Crippen LogP contribution in [0, 0.1) is 13.8 Å². The Bertz CT molecular complexity index is 653. The zero-order valence-electron chi connectivity index (χ0n) is 13.7. The van der Waals surface area contributed by atoms with Crippen molar-refractivity contribution in [1.29, 1.82) is 0 Å². The van der Waals surface area contributed by atoms with Crippen molar-refractivity contribution < 1.29 is 0 Å². The molecule has 6 heteroatoms. The standard InChI is InChI=1S/C17H23N5.ClH/c1-13-4-3-5-16(10-13)22-8-6-21(7-9-22)12-15-11-19-14(2)20-17(15)18;/h3-5,10-11H,6-9,12H2,1-2H3,(H2,18,19,20);1H. The summed E-state index contributed by atoms with van der Waals surface area (Å²) < 4.78 is 0. The second-order valence-corrected chi connectivity index (χ2v) is 5.93. The van der Waals surface area contributed by atoms with E-state index in [-0.39, 0.29) is 12.4 Å². The lowest BCUT2D eigenvalue weighted by Gasteiger charge is -2.36. The van der Waals surface area contributed by atoms with E-state index < -0.39 is 0 Å². The van der Waals surface area contributed by atoms with Crippen LogP contribution in [0.1, 0.15) is 17.0 Å². The molecule has 0 bridgehead atoms. The van der Waals surface area contributed by atoms with Gasteiger partial charge in [0.2, 0.25) is 0 Å². The first-order chi connectivity index (χ1) is 10.6. The summed E-state index contributed by atoms with van der Waals surface area (Å²) in [7, 11) is 0. The van der Waals surface area contributed by atoms with Crippen LogP contribution in [0.3, 0.4) is 0 Å². The maximum atomic E-state index is 5.99. The highest BCUT2D eigenvalue weighted by molar-refractivity contribution is 5.85. The van der Waals surface area contributed by atoms with Gasteiger partial charge in [-0.3, -0.25) is 4.90 Å². The smallest absolute Gasteiger partial charge is 0.131 e. The summed E-state index contributed by atoms with van der Waals surface area (Å²) in [5.41, 5.74) is 9.64. The third-order valence-electron chi connectivity index (χ3n) is 4.15. The molecule has 3 rings (SSSR count). The second kappa shape index (κ2) is 7.62. The van der Waals surface area contributed by atoms with E-state index in [9.17, 15) is 0 Å². The number of aromatic nitrogens is 2. The molecular formula is C17H24ClN5. The fraction of sp³-hybridized carbons (Fsp3) is 0.412. The minimum Gasteiger partial charge on any atom is -0.383 e. The molecule has 1 aromatic carbocycles. The molecular weight excluding hydrogens is 310 g/mol.